The van der Waals surface area contributed by atoms with Crippen molar-refractivity contribution in [1.82, 2.24) is 10.6 Å². The lowest BCUT2D eigenvalue weighted by atomic mass is 9.83. The van der Waals surface area contributed by atoms with Crippen molar-refractivity contribution < 1.29 is 12.6 Å². The average Bonchev–Trinajstić information content (AvgIpc) is 3.07. The van der Waals surface area contributed by atoms with Crippen LogP contribution < -0.4 is 10.6 Å². The third kappa shape index (κ3) is 4.96. The van der Waals surface area contributed by atoms with E-state index in [1.165, 1.54) is 24.9 Å². The molecule has 3 fully saturated rings. The first-order valence-corrected chi connectivity index (χ1v) is 13.5. The number of piperazine rings is 1. The summed E-state index contributed by atoms with van der Waals surface area (Å²) in [7, 11) is -3.74. The van der Waals surface area contributed by atoms with E-state index in [4.69, 9.17) is 0 Å². The van der Waals surface area contributed by atoms with Crippen molar-refractivity contribution in [2.24, 2.45) is 5.92 Å². The monoisotopic (exact) mass is 394 g/mol. The van der Waals surface area contributed by atoms with E-state index in [2.05, 4.69) is 10.6 Å². The lowest BCUT2D eigenvalue weighted by molar-refractivity contribution is 0.238. The first-order valence-electron chi connectivity index (χ1n) is 9.08. The molecule has 24 heavy (non-hydrogen) atoms. The average molecular weight is 395 g/mol. The van der Waals surface area contributed by atoms with Gasteiger partial charge in [-0.1, -0.05) is 0 Å². The summed E-state index contributed by atoms with van der Waals surface area (Å²) in [6.45, 7) is 1.68. The summed E-state index contributed by atoms with van der Waals surface area (Å²) >= 11 is 1.97. The van der Waals surface area contributed by atoms with E-state index < -0.39 is 20.6 Å². The number of hydrogen-bond acceptors (Lipinski definition) is 6. The summed E-state index contributed by atoms with van der Waals surface area (Å²) in [4.78, 5) is 0. The Labute approximate surface area is 152 Å². The molecule has 2 heterocycles. The highest BCUT2D eigenvalue weighted by molar-refractivity contribution is 8.01. The fourth-order valence-electron chi connectivity index (χ4n) is 4.19. The lowest BCUT2D eigenvalue weighted by Crippen LogP contribution is -2.59. The van der Waals surface area contributed by atoms with E-state index in [9.17, 15) is 12.6 Å². The molecule has 3 aliphatic rings. The van der Waals surface area contributed by atoms with Crippen LogP contribution in [0.3, 0.4) is 0 Å². The minimum atomic E-state index is -2.90. The van der Waals surface area contributed by atoms with E-state index in [0.717, 1.165) is 44.5 Å². The molecule has 1 aliphatic carbocycles. The molecule has 2 saturated heterocycles. The fourth-order valence-corrected chi connectivity index (χ4v) is 8.50. The SMILES string of the molecule is CS(=O)(=O)C1CCC(C2CNCC(S(=O)CC3CCCS3)N2)CC1. The molecular weight excluding hydrogens is 364 g/mol. The quantitative estimate of drug-likeness (QED) is 0.728. The standard InChI is InChI=1S/C16H30N2O3S3/c1-24(20,21)14-6-4-12(5-7-14)15-9-17-10-16(18-15)23(19)11-13-3-2-8-22-13/h12-18H,2-11H2,1H3. The molecule has 0 amide bonds. The molecule has 0 aromatic heterocycles. The Kier molecular flexibility index (Phi) is 6.68. The van der Waals surface area contributed by atoms with Gasteiger partial charge in [0.2, 0.25) is 0 Å². The van der Waals surface area contributed by atoms with Crippen molar-refractivity contribution in [1.29, 1.82) is 0 Å². The largest absolute Gasteiger partial charge is 0.313 e. The number of thioether (sulfide) groups is 1. The van der Waals surface area contributed by atoms with Crippen LogP contribution in [-0.2, 0) is 20.6 Å². The molecule has 0 aromatic rings. The molecule has 2 aliphatic heterocycles. The number of rotatable bonds is 5. The van der Waals surface area contributed by atoms with Gasteiger partial charge < -0.3 is 5.32 Å². The molecule has 0 radical (unpaired) electrons. The Morgan fingerprint density at radius 2 is 1.88 bits per heavy atom. The van der Waals surface area contributed by atoms with Crippen molar-refractivity contribution >= 4 is 32.4 Å². The van der Waals surface area contributed by atoms with Crippen LogP contribution in [0.25, 0.3) is 0 Å². The predicted octanol–water partition coefficient (Wildman–Crippen LogP) is 1.12. The van der Waals surface area contributed by atoms with Crippen molar-refractivity contribution in [2.75, 3.05) is 30.9 Å². The van der Waals surface area contributed by atoms with Crippen molar-refractivity contribution in [3.8, 4) is 0 Å². The highest BCUT2D eigenvalue weighted by Crippen LogP contribution is 2.31. The smallest absolute Gasteiger partial charge is 0.150 e. The maximum Gasteiger partial charge on any atom is 0.150 e. The third-order valence-electron chi connectivity index (χ3n) is 5.68. The second-order valence-electron chi connectivity index (χ2n) is 7.47. The van der Waals surface area contributed by atoms with Gasteiger partial charge in [0, 0.05) is 47.2 Å². The van der Waals surface area contributed by atoms with Crippen LogP contribution in [-0.4, -0.2) is 65.4 Å². The van der Waals surface area contributed by atoms with Gasteiger partial charge in [0.15, 0.2) is 0 Å². The van der Waals surface area contributed by atoms with Crippen LogP contribution in [0.2, 0.25) is 0 Å². The number of nitrogens with one attached hydrogen (secondary N) is 2. The minimum Gasteiger partial charge on any atom is -0.313 e. The van der Waals surface area contributed by atoms with E-state index in [1.54, 1.807) is 0 Å². The highest BCUT2D eigenvalue weighted by Gasteiger charge is 2.35. The molecule has 1 saturated carbocycles. The van der Waals surface area contributed by atoms with Crippen LogP contribution in [0.4, 0.5) is 0 Å². The van der Waals surface area contributed by atoms with Crippen molar-refractivity contribution in [2.45, 2.75) is 60.4 Å². The lowest BCUT2D eigenvalue weighted by Gasteiger charge is -2.39. The van der Waals surface area contributed by atoms with Gasteiger partial charge in [0.1, 0.15) is 9.84 Å². The van der Waals surface area contributed by atoms with Gasteiger partial charge in [-0.15, -0.1) is 0 Å². The number of hydrogen-bond donors (Lipinski definition) is 2. The van der Waals surface area contributed by atoms with Crippen LogP contribution in [0.15, 0.2) is 0 Å². The molecule has 140 valence electrons. The third-order valence-corrected chi connectivity index (χ3v) is 10.6. The van der Waals surface area contributed by atoms with Gasteiger partial charge in [-0.2, -0.15) is 11.8 Å². The highest BCUT2D eigenvalue weighted by atomic mass is 32.2. The summed E-state index contributed by atoms with van der Waals surface area (Å²) in [5.41, 5.74) is 0. The van der Waals surface area contributed by atoms with E-state index >= 15 is 0 Å². The Morgan fingerprint density at radius 3 is 2.50 bits per heavy atom. The number of sulfone groups is 1. The van der Waals surface area contributed by atoms with Crippen LogP contribution in [0.1, 0.15) is 38.5 Å². The second-order valence-corrected chi connectivity index (χ2v) is 12.9. The Morgan fingerprint density at radius 1 is 1.12 bits per heavy atom. The fraction of sp³-hybridized carbons (Fsp3) is 1.00. The topological polar surface area (TPSA) is 75.3 Å². The van der Waals surface area contributed by atoms with Gasteiger partial charge in [0.25, 0.3) is 0 Å². The zero-order valence-corrected chi connectivity index (χ0v) is 16.9. The molecule has 8 heteroatoms. The molecule has 3 rings (SSSR count). The molecule has 0 bridgehead atoms. The first-order chi connectivity index (χ1) is 11.4. The molecule has 2 N–H and O–H groups in total. The summed E-state index contributed by atoms with van der Waals surface area (Å²) in [6.07, 6.45) is 7.27. The maximum absolute atomic E-state index is 12.7. The summed E-state index contributed by atoms with van der Waals surface area (Å²) in [6, 6.07) is 0.324. The summed E-state index contributed by atoms with van der Waals surface area (Å²) in [5.74, 6) is 2.51. The predicted molar refractivity (Wildman–Crippen MR) is 103 cm³/mol. The molecule has 5 nitrogen and oxygen atoms in total. The Bertz CT molecular complexity index is 541. The van der Waals surface area contributed by atoms with Gasteiger partial charge in [0.05, 0.1) is 10.6 Å². The molecule has 0 aromatic carbocycles. The normalized spacial score (nSPS) is 39.6. The maximum atomic E-state index is 12.7. The van der Waals surface area contributed by atoms with Crippen molar-refractivity contribution in [3.05, 3.63) is 0 Å². The van der Waals surface area contributed by atoms with Crippen LogP contribution in [0.5, 0.6) is 0 Å². The molecule has 4 unspecified atom stereocenters. The Balaban J connectivity index is 1.49. The van der Waals surface area contributed by atoms with Crippen molar-refractivity contribution in [3.63, 3.8) is 0 Å². The van der Waals surface area contributed by atoms with Gasteiger partial charge in [-0.3, -0.25) is 9.53 Å². The zero-order valence-electron chi connectivity index (χ0n) is 14.4. The van der Waals surface area contributed by atoms with Crippen LogP contribution in [0, 0.1) is 5.92 Å². The van der Waals surface area contributed by atoms with E-state index in [1.807, 2.05) is 11.8 Å². The van der Waals surface area contributed by atoms with E-state index in [0.29, 0.717) is 17.2 Å². The van der Waals surface area contributed by atoms with Crippen LogP contribution >= 0.6 is 11.8 Å². The summed E-state index contributed by atoms with van der Waals surface area (Å²) < 4.78 is 36.1. The second kappa shape index (κ2) is 8.37. The van der Waals surface area contributed by atoms with Gasteiger partial charge in [-0.05, 0) is 50.2 Å². The Hall–Kier alpha value is 0.370. The minimum absolute atomic E-state index is 0.0394. The molecular formula is C16H30N2O3S3. The first kappa shape index (κ1) is 19.1. The van der Waals surface area contributed by atoms with E-state index in [-0.39, 0.29) is 10.6 Å². The molecule has 4 atom stereocenters. The van der Waals surface area contributed by atoms with Gasteiger partial charge in [-0.25, -0.2) is 8.42 Å². The van der Waals surface area contributed by atoms with Gasteiger partial charge >= 0.3 is 0 Å². The zero-order chi connectivity index (χ0) is 17.2. The molecule has 0 spiro atoms. The summed E-state index contributed by atoms with van der Waals surface area (Å²) in [5, 5.41) is 7.53.